The van der Waals surface area contributed by atoms with Crippen LogP contribution in [0.15, 0.2) is 48.5 Å². The molecule has 2 aromatic rings. The van der Waals surface area contributed by atoms with Gasteiger partial charge in [0.25, 0.3) is 0 Å². The van der Waals surface area contributed by atoms with E-state index >= 15 is 0 Å². The number of benzene rings is 2. The first-order valence-corrected chi connectivity index (χ1v) is 11.0. The normalized spacial score (nSPS) is 18.5. The fraction of sp³-hybridized carbons (Fsp3) is 0.429. The van der Waals surface area contributed by atoms with Crippen LogP contribution in [-0.4, -0.2) is 0 Å². The van der Waals surface area contributed by atoms with Crippen molar-refractivity contribution in [3.63, 3.8) is 0 Å². The van der Waals surface area contributed by atoms with Crippen LogP contribution in [0.5, 0.6) is 0 Å². The van der Waals surface area contributed by atoms with Gasteiger partial charge in [-0.05, 0) is 66.6 Å². The van der Waals surface area contributed by atoms with Crippen LogP contribution in [-0.2, 0) is 6.42 Å². The second kappa shape index (κ2) is 10.8. The summed E-state index contributed by atoms with van der Waals surface area (Å²) < 4.78 is 0. The molecule has 0 amide bonds. The Morgan fingerprint density at radius 1 is 0.679 bits per heavy atom. The van der Waals surface area contributed by atoms with E-state index in [1.807, 2.05) is 24.3 Å². The lowest BCUT2D eigenvalue weighted by Crippen LogP contribution is -2.14. The Bertz CT molecular complexity index is 839. The molecule has 1 fully saturated rings. The van der Waals surface area contributed by atoms with Crippen LogP contribution in [0.2, 0.25) is 0 Å². The van der Waals surface area contributed by atoms with Crippen LogP contribution >= 0.6 is 0 Å². The molecular formula is C28H32. The third-order valence-electron chi connectivity index (χ3n) is 5.98. The van der Waals surface area contributed by atoms with Crippen molar-refractivity contribution in [1.29, 1.82) is 0 Å². The second-order valence-corrected chi connectivity index (χ2v) is 8.01. The van der Waals surface area contributed by atoms with Crippen LogP contribution in [0.25, 0.3) is 0 Å². The highest BCUT2D eigenvalue weighted by Gasteiger charge is 2.19. The molecule has 28 heavy (non-hydrogen) atoms. The number of hydrogen-bond donors (Lipinski definition) is 0. The molecule has 1 saturated carbocycles. The second-order valence-electron chi connectivity index (χ2n) is 8.01. The van der Waals surface area contributed by atoms with Crippen LogP contribution in [0.1, 0.15) is 81.0 Å². The zero-order valence-corrected chi connectivity index (χ0v) is 17.4. The summed E-state index contributed by atoms with van der Waals surface area (Å²) in [5, 5.41) is 0. The number of hydrogen-bond acceptors (Lipinski definition) is 0. The molecular weight excluding hydrogens is 336 g/mol. The summed E-state index contributed by atoms with van der Waals surface area (Å²) in [5.41, 5.74) is 4.62. The van der Waals surface area contributed by atoms with Crippen molar-refractivity contribution >= 4 is 0 Å². The van der Waals surface area contributed by atoms with E-state index in [0.29, 0.717) is 0 Å². The summed E-state index contributed by atoms with van der Waals surface area (Å²) in [7, 11) is 0. The van der Waals surface area contributed by atoms with Crippen LogP contribution in [0.3, 0.4) is 0 Å². The molecule has 0 unspecified atom stereocenters. The SMILES string of the molecule is CCC#Cc1ccc(C#Cc2ccc(CC[C@H]3CC[C@H](CC)CC3)cc2)cc1. The molecule has 2 aromatic carbocycles. The Labute approximate surface area is 171 Å². The highest BCUT2D eigenvalue weighted by atomic mass is 14.2. The molecule has 0 atom stereocenters. The lowest BCUT2D eigenvalue weighted by molar-refractivity contribution is 0.259. The van der Waals surface area contributed by atoms with E-state index in [2.05, 4.69) is 61.8 Å². The lowest BCUT2D eigenvalue weighted by Gasteiger charge is -2.27. The van der Waals surface area contributed by atoms with Crippen molar-refractivity contribution in [3.8, 4) is 23.7 Å². The van der Waals surface area contributed by atoms with E-state index in [0.717, 1.165) is 34.9 Å². The lowest BCUT2D eigenvalue weighted by atomic mass is 9.78. The van der Waals surface area contributed by atoms with E-state index < -0.39 is 0 Å². The van der Waals surface area contributed by atoms with Gasteiger partial charge in [0.15, 0.2) is 0 Å². The minimum atomic E-state index is 0.886. The van der Waals surface area contributed by atoms with Crippen molar-refractivity contribution in [2.75, 3.05) is 0 Å². The van der Waals surface area contributed by atoms with E-state index in [1.165, 1.54) is 50.5 Å². The molecule has 0 heteroatoms. The predicted octanol–water partition coefficient (Wildman–Crippen LogP) is 7.00. The van der Waals surface area contributed by atoms with Crippen LogP contribution in [0.4, 0.5) is 0 Å². The van der Waals surface area contributed by atoms with Crippen molar-refractivity contribution in [3.05, 3.63) is 70.8 Å². The van der Waals surface area contributed by atoms with Crippen LogP contribution < -0.4 is 0 Å². The monoisotopic (exact) mass is 368 g/mol. The minimum Gasteiger partial charge on any atom is -0.0982 e. The van der Waals surface area contributed by atoms with Crippen molar-refractivity contribution in [1.82, 2.24) is 0 Å². The Morgan fingerprint density at radius 3 is 1.71 bits per heavy atom. The van der Waals surface area contributed by atoms with Gasteiger partial charge in [-0.2, -0.15) is 0 Å². The van der Waals surface area contributed by atoms with E-state index in [9.17, 15) is 0 Å². The number of aryl methyl sites for hydroxylation is 1. The standard InChI is InChI=1S/C28H32/c1-3-5-6-24-11-13-26(14-12-24)17-18-28-21-19-27(20-22-28)16-15-25-9-7-23(4-2)8-10-25/h11-14,19-23,25H,3-4,7-10,15-16H2,1-2H3/t23-,25-. The number of rotatable bonds is 4. The maximum atomic E-state index is 3.28. The molecule has 1 aliphatic rings. The maximum Gasteiger partial charge on any atom is 0.0249 e. The average Bonchev–Trinajstić information content (AvgIpc) is 2.76. The van der Waals surface area contributed by atoms with Crippen molar-refractivity contribution < 1.29 is 0 Å². The zero-order valence-electron chi connectivity index (χ0n) is 17.4. The summed E-state index contributed by atoms with van der Waals surface area (Å²) in [6, 6.07) is 17.0. The third-order valence-corrected chi connectivity index (χ3v) is 5.98. The molecule has 0 aliphatic heterocycles. The summed E-state index contributed by atoms with van der Waals surface area (Å²) in [5.74, 6) is 14.7. The van der Waals surface area contributed by atoms with Gasteiger partial charge in [-0.1, -0.05) is 81.8 Å². The molecule has 0 nitrogen and oxygen atoms in total. The van der Waals surface area contributed by atoms with Crippen molar-refractivity contribution in [2.24, 2.45) is 11.8 Å². The third kappa shape index (κ3) is 6.32. The quantitative estimate of drug-likeness (QED) is 0.510. The molecule has 0 saturated heterocycles. The Hall–Kier alpha value is -2.44. The van der Waals surface area contributed by atoms with Gasteiger partial charge in [0.2, 0.25) is 0 Å². The Balaban J connectivity index is 1.50. The Kier molecular flexibility index (Phi) is 7.82. The topological polar surface area (TPSA) is 0 Å². The predicted molar refractivity (Wildman–Crippen MR) is 120 cm³/mol. The largest absolute Gasteiger partial charge is 0.0982 e. The average molecular weight is 369 g/mol. The van der Waals surface area contributed by atoms with Crippen LogP contribution in [0, 0.1) is 35.5 Å². The smallest absolute Gasteiger partial charge is 0.0249 e. The van der Waals surface area contributed by atoms with E-state index in [4.69, 9.17) is 0 Å². The van der Waals surface area contributed by atoms with Gasteiger partial charge in [0.1, 0.15) is 0 Å². The van der Waals surface area contributed by atoms with Gasteiger partial charge in [0.05, 0.1) is 0 Å². The molecule has 0 N–H and O–H groups in total. The van der Waals surface area contributed by atoms with Gasteiger partial charge in [-0.15, -0.1) is 0 Å². The molecule has 0 radical (unpaired) electrons. The van der Waals surface area contributed by atoms with Crippen molar-refractivity contribution in [2.45, 2.75) is 65.2 Å². The first-order valence-electron chi connectivity index (χ1n) is 11.0. The highest BCUT2D eigenvalue weighted by Crippen LogP contribution is 2.33. The molecule has 0 spiro atoms. The summed E-state index contributed by atoms with van der Waals surface area (Å²) >= 11 is 0. The summed E-state index contributed by atoms with van der Waals surface area (Å²) in [6.07, 6.45) is 10.6. The molecule has 144 valence electrons. The van der Waals surface area contributed by atoms with Gasteiger partial charge in [-0.3, -0.25) is 0 Å². The fourth-order valence-electron chi connectivity index (χ4n) is 4.03. The highest BCUT2D eigenvalue weighted by molar-refractivity contribution is 5.46. The first-order chi connectivity index (χ1) is 13.8. The first kappa shape index (κ1) is 20.3. The molecule has 0 bridgehead atoms. The van der Waals surface area contributed by atoms with Gasteiger partial charge < -0.3 is 0 Å². The van der Waals surface area contributed by atoms with Gasteiger partial charge in [-0.25, -0.2) is 0 Å². The molecule has 0 heterocycles. The zero-order chi connectivity index (χ0) is 19.6. The molecule has 1 aliphatic carbocycles. The van der Waals surface area contributed by atoms with E-state index in [-0.39, 0.29) is 0 Å². The fourth-order valence-corrected chi connectivity index (χ4v) is 4.03. The summed E-state index contributed by atoms with van der Waals surface area (Å²) in [4.78, 5) is 0. The maximum absolute atomic E-state index is 3.28. The Morgan fingerprint density at radius 2 is 1.18 bits per heavy atom. The van der Waals surface area contributed by atoms with Gasteiger partial charge in [0, 0.05) is 23.1 Å². The minimum absolute atomic E-state index is 0.886. The van der Waals surface area contributed by atoms with Gasteiger partial charge >= 0.3 is 0 Å². The van der Waals surface area contributed by atoms with E-state index in [1.54, 1.807) is 0 Å². The molecule has 3 rings (SSSR count). The summed E-state index contributed by atoms with van der Waals surface area (Å²) in [6.45, 7) is 4.41. The molecule has 0 aromatic heterocycles.